The van der Waals surface area contributed by atoms with Gasteiger partial charge in [-0.3, -0.25) is 0 Å². The monoisotopic (exact) mass is 179 g/mol. The lowest BCUT2D eigenvalue weighted by atomic mass is 9.89. The van der Waals surface area contributed by atoms with E-state index in [1.54, 1.807) is 6.26 Å². The molecule has 2 nitrogen and oxygen atoms in total. The van der Waals surface area contributed by atoms with Crippen molar-refractivity contribution < 1.29 is 4.42 Å². The predicted octanol–water partition coefficient (Wildman–Crippen LogP) is 2.35. The molecule has 1 aliphatic heterocycles. The highest BCUT2D eigenvalue weighted by Gasteiger charge is 2.32. The van der Waals surface area contributed by atoms with Crippen molar-refractivity contribution in [2.24, 2.45) is 0 Å². The molecule has 2 heteroatoms. The van der Waals surface area contributed by atoms with E-state index in [2.05, 4.69) is 18.3 Å². The van der Waals surface area contributed by atoms with Crippen LogP contribution in [0.4, 0.5) is 0 Å². The molecule has 1 unspecified atom stereocenters. The van der Waals surface area contributed by atoms with Crippen LogP contribution in [0.1, 0.15) is 31.9 Å². The summed E-state index contributed by atoms with van der Waals surface area (Å²) < 4.78 is 5.38. The summed E-state index contributed by atoms with van der Waals surface area (Å²) in [6.45, 7) is 3.41. The normalized spacial score (nSPS) is 28.1. The van der Waals surface area contributed by atoms with Crippen molar-refractivity contribution in [1.82, 2.24) is 5.32 Å². The summed E-state index contributed by atoms with van der Waals surface area (Å²) in [5.74, 6) is 1.11. The quantitative estimate of drug-likeness (QED) is 0.770. The molecule has 0 saturated carbocycles. The Bertz CT molecular complexity index is 247. The van der Waals surface area contributed by atoms with Gasteiger partial charge in [-0.25, -0.2) is 0 Å². The van der Waals surface area contributed by atoms with E-state index in [-0.39, 0.29) is 0 Å². The molecule has 0 aromatic carbocycles. The Morgan fingerprint density at radius 3 is 3.08 bits per heavy atom. The zero-order valence-electron chi connectivity index (χ0n) is 8.18. The van der Waals surface area contributed by atoms with Gasteiger partial charge in [0.05, 0.1) is 6.26 Å². The van der Waals surface area contributed by atoms with Gasteiger partial charge in [0.15, 0.2) is 0 Å². The maximum atomic E-state index is 5.38. The van der Waals surface area contributed by atoms with Gasteiger partial charge in [-0.15, -0.1) is 0 Å². The SMILES string of the molecule is CCC1(Cc2ccco2)CCCN1. The fourth-order valence-corrected chi connectivity index (χ4v) is 2.19. The molecule has 1 aromatic heterocycles. The topological polar surface area (TPSA) is 25.2 Å². The van der Waals surface area contributed by atoms with Crippen molar-refractivity contribution in [2.45, 2.75) is 38.1 Å². The summed E-state index contributed by atoms with van der Waals surface area (Å²) >= 11 is 0. The summed E-state index contributed by atoms with van der Waals surface area (Å²) in [4.78, 5) is 0. The summed E-state index contributed by atoms with van der Waals surface area (Å²) in [7, 11) is 0. The van der Waals surface area contributed by atoms with Gasteiger partial charge >= 0.3 is 0 Å². The Hall–Kier alpha value is -0.760. The predicted molar refractivity (Wildman–Crippen MR) is 52.7 cm³/mol. The first-order valence-corrected chi connectivity index (χ1v) is 5.12. The molecule has 72 valence electrons. The van der Waals surface area contributed by atoms with Gasteiger partial charge in [0.1, 0.15) is 5.76 Å². The minimum Gasteiger partial charge on any atom is -0.469 e. The molecular formula is C11H17NO. The largest absolute Gasteiger partial charge is 0.469 e. The standard InChI is InChI=1S/C11H17NO/c1-2-11(6-4-7-12-11)9-10-5-3-8-13-10/h3,5,8,12H,2,4,6-7,9H2,1H3. The van der Waals surface area contributed by atoms with Crippen molar-refractivity contribution in [3.63, 3.8) is 0 Å². The molecule has 2 rings (SSSR count). The van der Waals surface area contributed by atoms with Crippen LogP contribution in [0.25, 0.3) is 0 Å². The summed E-state index contributed by atoms with van der Waals surface area (Å²) in [6.07, 6.45) is 6.57. The third-order valence-electron chi connectivity index (χ3n) is 3.10. The zero-order valence-corrected chi connectivity index (χ0v) is 8.18. The molecule has 1 aliphatic rings. The average Bonchev–Trinajstić information content (AvgIpc) is 2.77. The van der Waals surface area contributed by atoms with E-state index in [9.17, 15) is 0 Å². The number of furan rings is 1. The van der Waals surface area contributed by atoms with Gasteiger partial charge in [-0.2, -0.15) is 0 Å². The highest BCUT2D eigenvalue weighted by molar-refractivity contribution is 5.06. The first-order chi connectivity index (χ1) is 6.35. The highest BCUT2D eigenvalue weighted by Crippen LogP contribution is 2.27. The van der Waals surface area contributed by atoms with Crippen LogP contribution in [0.15, 0.2) is 22.8 Å². The van der Waals surface area contributed by atoms with Crippen molar-refractivity contribution >= 4 is 0 Å². The molecule has 0 bridgehead atoms. The summed E-state index contributed by atoms with van der Waals surface area (Å²) in [5, 5.41) is 3.60. The van der Waals surface area contributed by atoms with E-state index < -0.39 is 0 Å². The van der Waals surface area contributed by atoms with E-state index in [1.807, 2.05) is 6.07 Å². The number of hydrogen-bond donors (Lipinski definition) is 1. The third kappa shape index (κ3) is 1.78. The molecule has 1 fully saturated rings. The first-order valence-electron chi connectivity index (χ1n) is 5.12. The molecule has 1 aromatic rings. The molecule has 1 N–H and O–H groups in total. The van der Waals surface area contributed by atoms with Crippen LogP contribution in [-0.2, 0) is 6.42 Å². The van der Waals surface area contributed by atoms with Gasteiger partial charge in [-0.05, 0) is 37.9 Å². The lowest BCUT2D eigenvalue weighted by Crippen LogP contribution is -2.41. The van der Waals surface area contributed by atoms with Crippen LogP contribution in [-0.4, -0.2) is 12.1 Å². The van der Waals surface area contributed by atoms with Gasteiger partial charge in [-0.1, -0.05) is 6.92 Å². The van der Waals surface area contributed by atoms with E-state index in [0.29, 0.717) is 5.54 Å². The second-order valence-corrected chi connectivity index (χ2v) is 3.92. The van der Waals surface area contributed by atoms with Gasteiger partial charge < -0.3 is 9.73 Å². The third-order valence-corrected chi connectivity index (χ3v) is 3.10. The number of hydrogen-bond acceptors (Lipinski definition) is 2. The zero-order chi connectivity index (χ0) is 9.15. The van der Waals surface area contributed by atoms with Crippen LogP contribution in [0, 0.1) is 0 Å². The van der Waals surface area contributed by atoms with Gasteiger partial charge in [0.25, 0.3) is 0 Å². The van der Waals surface area contributed by atoms with E-state index in [1.165, 1.54) is 19.3 Å². The van der Waals surface area contributed by atoms with E-state index in [0.717, 1.165) is 18.7 Å². The molecule has 0 amide bonds. The molecule has 2 heterocycles. The molecule has 0 spiro atoms. The fraction of sp³-hybridized carbons (Fsp3) is 0.636. The Balaban J connectivity index is 2.06. The molecule has 0 radical (unpaired) electrons. The van der Waals surface area contributed by atoms with Crippen LogP contribution >= 0.6 is 0 Å². The molecule has 1 atom stereocenters. The maximum absolute atomic E-state index is 5.38. The van der Waals surface area contributed by atoms with Gasteiger partial charge in [0, 0.05) is 12.0 Å². The fourth-order valence-electron chi connectivity index (χ4n) is 2.19. The summed E-state index contributed by atoms with van der Waals surface area (Å²) in [5.41, 5.74) is 0.317. The van der Waals surface area contributed by atoms with Crippen LogP contribution in [0.5, 0.6) is 0 Å². The Kier molecular flexibility index (Phi) is 2.40. The van der Waals surface area contributed by atoms with E-state index in [4.69, 9.17) is 4.42 Å². The second kappa shape index (κ2) is 3.54. The molecule has 0 aliphatic carbocycles. The van der Waals surface area contributed by atoms with Crippen molar-refractivity contribution in [2.75, 3.05) is 6.54 Å². The number of rotatable bonds is 3. The minimum atomic E-state index is 0.317. The molecule has 1 saturated heterocycles. The summed E-state index contributed by atoms with van der Waals surface area (Å²) in [6, 6.07) is 4.03. The minimum absolute atomic E-state index is 0.317. The van der Waals surface area contributed by atoms with Crippen molar-refractivity contribution in [3.8, 4) is 0 Å². The highest BCUT2D eigenvalue weighted by atomic mass is 16.3. The second-order valence-electron chi connectivity index (χ2n) is 3.92. The average molecular weight is 179 g/mol. The van der Waals surface area contributed by atoms with Crippen LogP contribution in [0.3, 0.4) is 0 Å². The van der Waals surface area contributed by atoms with Crippen molar-refractivity contribution in [3.05, 3.63) is 24.2 Å². The lowest BCUT2D eigenvalue weighted by molar-refractivity contribution is 0.330. The smallest absolute Gasteiger partial charge is 0.105 e. The molecule has 13 heavy (non-hydrogen) atoms. The van der Waals surface area contributed by atoms with Crippen LogP contribution in [0.2, 0.25) is 0 Å². The van der Waals surface area contributed by atoms with Gasteiger partial charge in [0.2, 0.25) is 0 Å². The van der Waals surface area contributed by atoms with Crippen molar-refractivity contribution in [1.29, 1.82) is 0 Å². The Morgan fingerprint density at radius 1 is 1.62 bits per heavy atom. The van der Waals surface area contributed by atoms with E-state index >= 15 is 0 Å². The maximum Gasteiger partial charge on any atom is 0.105 e. The molecular weight excluding hydrogens is 162 g/mol. The lowest BCUT2D eigenvalue weighted by Gasteiger charge is -2.26. The van der Waals surface area contributed by atoms with Crippen LogP contribution < -0.4 is 5.32 Å². The first kappa shape index (κ1) is 8.82. The Morgan fingerprint density at radius 2 is 2.54 bits per heavy atom. The number of nitrogens with one attached hydrogen (secondary N) is 1. The Labute approximate surface area is 79.3 Å².